The number of nitrogens with zero attached hydrogens (tertiary/aromatic N) is 1. The molecule has 0 N–H and O–H groups in total. The highest BCUT2D eigenvalue weighted by atomic mass is 16.1. The van der Waals surface area contributed by atoms with E-state index in [0.717, 1.165) is 19.5 Å². The third-order valence-electron chi connectivity index (χ3n) is 5.37. The molecule has 1 heterocycles. The van der Waals surface area contributed by atoms with Crippen molar-refractivity contribution in [3.63, 3.8) is 0 Å². The minimum absolute atomic E-state index is 0.212. The van der Waals surface area contributed by atoms with Crippen LogP contribution in [0.4, 0.5) is 0 Å². The van der Waals surface area contributed by atoms with Gasteiger partial charge in [0.05, 0.1) is 0 Å². The molecule has 0 unspecified atom stereocenters. The first-order valence-corrected chi connectivity index (χ1v) is 8.19. The van der Waals surface area contributed by atoms with Crippen LogP contribution in [0.2, 0.25) is 0 Å². The summed E-state index contributed by atoms with van der Waals surface area (Å²) in [5.74, 6) is 0. The number of carbonyl (C=O) groups is 1. The fourth-order valence-electron chi connectivity index (χ4n) is 4.35. The molecule has 0 atom stereocenters. The third-order valence-corrected chi connectivity index (χ3v) is 5.37. The number of hydrogen-bond donors (Lipinski definition) is 0. The van der Waals surface area contributed by atoms with E-state index >= 15 is 0 Å². The van der Waals surface area contributed by atoms with Gasteiger partial charge in [-0.2, -0.15) is 0 Å². The summed E-state index contributed by atoms with van der Waals surface area (Å²) >= 11 is 0. The van der Waals surface area contributed by atoms with E-state index in [9.17, 15) is 4.79 Å². The van der Waals surface area contributed by atoms with E-state index < -0.39 is 0 Å². The predicted octanol–water partition coefficient (Wildman–Crippen LogP) is 4.14. The Kier molecular flexibility index (Phi) is 3.25. The molecule has 4 rings (SSSR count). The quantitative estimate of drug-likeness (QED) is 0.762. The number of carbonyl (C=O) groups excluding carboxylic acids is 1. The molecule has 0 aromatic heterocycles. The maximum Gasteiger partial charge on any atom is 0.210 e. The summed E-state index contributed by atoms with van der Waals surface area (Å²) in [6.45, 7) is 1.65. The lowest BCUT2D eigenvalue weighted by molar-refractivity contribution is -0.120. The molecular weight excluding hydrogens is 270 g/mol. The van der Waals surface area contributed by atoms with Crippen LogP contribution in [-0.4, -0.2) is 17.9 Å². The zero-order chi connectivity index (χ0) is 15.0. The van der Waals surface area contributed by atoms with Crippen molar-refractivity contribution >= 4 is 6.41 Å². The maximum absolute atomic E-state index is 11.4. The van der Waals surface area contributed by atoms with Crippen LogP contribution in [0, 0.1) is 0 Å². The van der Waals surface area contributed by atoms with Gasteiger partial charge < -0.3 is 4.90 Å². The van der Waals surface area contributed by atoms with Crippen molar-refractivity contribution in [1.82, 2.24) is 4.90 Å². The van der Waals surface area contributed by atoms with E-state index in [0.29, 0.717) is 0 Å². The summed E-state index contributed by atoms with van der Waals surface area (Å²) in [4.78, 5) is 13.4. The monoisotopic (exact) mass is 291 g/mol. The Labute approximate surface area is 131 Å². The summed E-state index contributed by atoms with van der Waals surface area (Å²) in [5.41, 5.74) is 5.53. The highest BCUT2D eigenvalue weighted by Gasteiger charge is 2.41. The van der Waals surface area contributed by atoms with Gasteiger partial charge in [0.25, 0.3) is 0 Å². The minimum atomic E-state index is 0.212. The van der Waals surface area contributed by atoms with Gasteiger partial charge in [0, 0.05) is 18.5 Å². The molecule has 1 spiro atoms. The molecule has 2 aromatic carbocycles. The first kappa shape index (κ1) is 13.6. The topological polar surface area (TPSA) is 20.3 Å². The van der Waals surface area contributed by atoms with Crippen LogP contribution >= 0.6 is 0 Å². The number of hydrogen-bond acceptors (Lipinski definition) is 1. The fraction of sp³-hybridized carbons (Fsp3) is 0.350. The molecule has 22 heavy (non-hydrogen) atoms. The van der Waals surface area contributed by atoms with Gasteiger partial charge in [-0.1, -0.05) is 55.3 Å². The van der Waals surface area contributed by atoms with Crippen molar-refractivity contribution in [3.8, 4) is 11.1 Å². The molecule has 2 nitrogen and oxygen atoms in total. The van der Waals surface area contributed by atoms with Gasteiger partial charge in [-0.15, -0.1) is 0 Å². The first-order valence-electron chi connectivity index (χ1n) is 8.19. The van der Waals surface area contributed by atoms with Crippen molar-refractivity contribution in [3.05, 3.63) is 59.7 Å². The Balaban J connectivity index is 1.80. The average Bonchev–Trinajstić information content (AvgIpc) is 3.04. The second kappa shape index (κ2) is 5.28. The van der Waals surface area contributed by atoms with Gasteiger partial charge in [-0.3, -0.25) is 4.79 Å². The SMILES string of the molecule is O=CN1Cc2cc(-c3ccccc3)ccc2C2(CCCC2)C1. The molecule has 1 aliphatic carbocycles. The standard InChI is InChI=1S/C20H21NO/c22-15-21-13-18-12-17(16-6-2-1-3-7-16)8-9-19(18)20(14-21)10-4-5-11-20/h1-3,6-9,12,15H,4-5,10-11,13-14H2. The van der Waals surface area contributed by atoms with Crippen molar-refractivity contribution in [2.45, 2.75) is 37.6 Å². The van der Waals surface area contributed by atoms with Crippen LogP contribution in [0.15, 0.2) is 48.5 Å². The van der Waals surface area contributed by atoms with Crippen LogP contribution in [0.3, 0.4) is 0 Å². The molecule has 1 aliphatic heterocycles. The molecule has 0 saturated heterocycles. The van der Waals surface area contributed by atoms with Crippen LogP contribution < -0.4 is 0 Å². The molecule has 112 valence electrons. The van der Waals surface area contributed by atoms with Gasteiger partial charge in [-0.05, 0) is 41.2 Å². The average molecular weight is 291 g/mol. The Hall–Kier alpha value is -2.09. The largest absolute Gasteiger partial charge is 0.340 e. The molecule has 2 aliphatic rings. The van der Waals surface area contributed by atoms with Gasteiger partial charge in [0.2, 0.25) is 6.41 Å². The highest BCUT2D eigenvalue weighted by molar-refractivity contribution is 5.66. The van der Waals surface area contributed by atoms with Gasteiger partial charge >= 0.3 is 0 Å². The van der Waals surface area contributed by atoms with Crippen molar-refractivity contribution in [2.75, 3.05) is 6.54 Å². The smallest absolute Gasteiger partial charge is 0.210 e. The Bertz CT molecular complexity index is 686. The number of benzene rings is 2. The van der Waals surface area contributed by atoms with E-state index in [4.69, 9.17) is 0 Å². The van der Waals surface area contributed by atoms with Crippen LogP contribution in [0.1, 0.15) is 36.8 Å². The second-order valence-electron chi connectivity index (χ2n) is 6.74. The van der Waals surface area contributed by atoms with E-state index in [1.807, 2.05) is 11.0 Å². The van der Waals surface area contributed by atoms with Crippen LogP contribution in [-0.2, 0) is 16.8 Å². The zero-order valence-corrected chi connectivity index (χ0v) is 12.8. The number of fused-ring (bicyclic) bond motifs is 2. The fourth-order valence-corrected chi connectivity index (χ4v) is 4.35. The minimum Gasteiger partial charge on any atom is -0.340 e. The predicted molar refractivity (Wildman–Crippen MR) is 88.5 cm³/mol. The number of rotatable bonds is 2. The van der Waals surface area contributed by atoms with Crippen molar-refractivity contribution in [2.24, 2.45) is 0 Å². The van der Waals surface area contributed by atoms with Gasteiger partial charge in [-0.25, -0.2) is 0 Å². The van der Waals surface area contributed by atoms with Gasteiger partial charge in [0.1, 0.15) is 0 Å². The molecule has 0 radical (unpaired) electrons. The molecule has 1 fully saturated rings. The Morgan fingerprint density at radius 2 is 1.73 bits per heavy atom. The van der Waals surface area contributed by atoms with Gasteiger partial charge in [0.15, 0.2) is 0 Å². The zero-order valence-electron chi connectivity index (χ0n) is 12.8. The van der Waals surface area contributed by atoms with Crippen molar-refractivity contribution < 1.29 is 4.79 Å². The molecule has 0 bridgehead atoms. The molecule has 1 saturated carbocycles. The lowest BCUT2D eigenvalue weighted by atomic mass is 9.73. The maximum atomic E-state index is 11.4. The van der Waals surface area contributed by atoms with E-state index in [2.05, 4.69) is 42.5 Å². The van der Waals surface area contributed by atoms with E-state index in [1.54, 1.807) is 0 Å². The summed E-state index contributed by atoms with van der Waals surface area (Å²) in [6, 6.07) is 17.4. The van der Waals surface area contributed by atoms with Crippen LogP contribution in [0.5, 0.6) is 0 Å². The van der Waals surface area contributed by atoms with Crippen LogP contribution in [0.25, 0.3) is 11.1 Å². The first-order chi connectivity index (χ1) is 10.8. The Morgan fingerprint density at radius 3 is 2.45 bits per heavy atom. The molecule has 2 aromatic rings. The highest BCUT2D eigenvalue weighted by Crippen LogP contribution is 2.46. The third kappa shape index (κ3) is 2.14. The second-order valence-corrected chi connectivity index (χ2v) is 6.74. The molecular formula is C20H21NO. The summed E-state index contributed by atoms with van der Waals surface area (Å²) in [6.07, 6.45) is 6.03. The van der Waals surface area contributed by atoms with E-state index in [1.165, 1.54) is 47.9 Å². The lowest BCUT2D eigenvalue weighted by Gasteiger charge is -2.41. The summed E-state index contributed by atoms with van der Waals surface area (Å²) in [5, 5.41) is 0. The van der Waals surface area contributed by atoms with Crippen molar-refractivity contribution in [1.29, 1.82) is 0 Å². The van der Waals surface area contributed by atoms with E-state index in [-0.39, 0.29) is 5.41 Å². The molecule has 1 amide bonds. The summed E-state index contributed by atoms with van der Waals surface area (Å²) < 4.78 is 0. The normalized spacial score (nSPS) is 19.2. The Morgan fingerprint density at radius 1 is 0.955 bits per heavy atom. The lowest BCUT2D eigenvalue weighted by Crippen LogP contribution is -2.43. The number of amides is 1. The molecule has 2 heteroatoms. The summed E-state index contributed by atoms with van der Waals surface area (Å²) in [7, 11) is 0.